The van der Waals surface area contributed by atoms with Crippen LogP contribution in [0, 0.1) is 0 Å². The predicted octanol–water partition coefficient (Wildman–Crippen LogP) is 1.03. The van der Waals surface area contributed by atoms with E-state index in [4.69, 9.17) is 5.21 Å². The van der Waals surface area contributed by atoms with Crippen LogP contribution in [0.1, 0.15) is 13.8 Å². The molecular weight excluding hydrogens is 102 g/mol. The van der Waals surface area contributed by atoms with Gasteiger partial charge in [-0.1, -0.05) is 12.2 Å². The molecule has 0 atom stereocenters. The van der Waals surface area contributed by atoms with Crippen LogP contribution < -0.4 is 0 Å². The third-order valence-corrected chi connectivity index (χ3v) is 1.47. The molecule has 1 aliphatic heterocycles. The highest BCUT2D eigenvalue weighted by Crippen LogP contribution is 2.18. The SMILES string of the molecule is CC1(C)C=CCN1O. The van der Waals surface area contributed by atoms with Gasteiger partial charge in [-0.25, -0.2) is 0 Å². The van der Waals surface area contributed by atoms with Gasteiger partial charge in [-0.15, -0.1) is 0 Å². The third-order valence-electron chi connectivity index (χ3n) is 1.47. The molecule has 0 spiro atoms. The monoisotopic (exact) mass is 113 g/mol. The largest absolute Gasteiger partial charge is 0.313 e. The average molecular weight is 113 g/mol. The van der Waals surface area contributed by atoms with Crippen molar-refractivity contribution in [1.82, 2.24) is 5.06 Å². The van der Waals surface area contributed by atoms with E-state index in [1.54, 1.807) is 0 Å². The first-order chi connectivity index (χ1) is 3.63. The van der Waals surface area contributed by atoms with Crippen molar-refractivity contribution in [3.8, 4) is 0 Å². The first kappa shape index (κ1) is 5.79. The molecule has 1 rings (SSSR count). The normalized spacial score (nSPS) is 26.9. The van der Waals surface area contributed by atoms with Crippen LogP contribution >= 0.6 is 0 Å². The van der Waals surface area contributed by atoms with Gasteiger partial charge in [0.05, 0.1) is 5.54 Å². The zero-order valence-corrected chi connectivity index (χ0v) is 5.26. The summed E-state index contributed by atoms with van der Waals surface area (Å²) in [6.45, 7) is 4.60. The van der Waals surface area contributed by atoms with E-state index in [0.29, 0.717) is 6.54 Å². The summed E-state index contributed by atoms with van der Waals surface area (Å²) in [6, 6.07) is 0. The summed E-state index contributed by atoms with van der Waals surface area (Å²) in [7, 11) is 0. The lowest BCUT2D eigenvalue weighted by Crippen LogP contribution is -2.35. The van der Waals surface area contributed by atoms with Gasteiger partial charge in [0.15, 0.2) is 0 Å². The van der Waals surface area contributed by atoms with Gasteiger partial charge in [-0.2, -0.15) is 5.06 Å². The highest BCUT2D eigenvalue weighted by molar-refractivity contribution is 5.07. The van der Waals surface area contributed by atoms with Gasteiger partial charge in [0.1, 0.15) is 0 Å². The van der Waals surface area contributed by atoms with Crippen LogP contribution in [0.15, 0.2) is 12.2 Å². The Bertz CT molecular complexity index is 118. The zero-order valence-electron chi connectivity index (χ0n) is 5.26. The van der Waals surface area contributed by atoms with Gasteiger partial charge in [-0.3, -0.25) is 0 Å². The lowest BCUT2D eigenvalue weighted by Gasteiger charge is -2.23. The highest BCUT2D eigenvalue weighted by Gasteiger charge is 2.24. The Balaban J connectivity index is 2.67. The van der Waals surface area contributed by atoms with E-state index in [-0.39, 0.29) is 5.54 Å². The van der Waals surface area contributed by atoms with E-state index in [1.807, 2.05) is 26.0 Å². The van der Waals surface area contributed by atoms with Gasteiger partial charge < -0.3 is 5.21 Å². The number of hydrogen-bond acceptors (Lipinski definition) is 2. The van der Waals surface area contributed by atoms with E-state index >= 15 is 0 Å². The third kappa shape index (κ3) is 0.767. The minimum Gasteiger partial charge on any atom is -0.313 e. The predicted molar refractivity (Wildman–Crippen MR) is 31.7 cm³/mol. The summed E-state index contributed by atoms with van der Waals surface area (Å²) >= 11 is 0. The van der Waals surface area contributed by atoms with Crippen molar-refractivity contribution in [3.05, 3.63) is 12.2 Å². The van der Waals surface area contributed by atoms with Crippen molar-refractivity contribution in [3.63, 3.8) is 0 Å². The average Bonchev–Trinajstić information content (AvgIpc) is 1.86. The van der Waals surface area contributed by atoms with Crippen LogP contribution in [0.5, 0.6) is 0 Å². The minimum absolute atomic E-state index is 0.139. The molecule has 2 heteroatoms. The molecule has 0 radical (unpaired) electrons. The number of nitrogens with zero attached hydrogens (tertiary/aromatic N) is 1. The van der Waals surface area contributed by atoms with Gasteiger partial charge >= 0.3 is 0 Å². The lowest BCUT2D eigenvalue weighted by atomic mass is 10.1. The fraction of sp³-hybridized carbons (Fsp3) is 0.667. The van der Waals surface area contributed by atoms with Crippen molar-refractivity contribution in [2.24, 2.45) is 0 Å². The second kappa shape index (κ2) is 1.57. The topological polar surface area (TPSA) is 23.5 Å². The Morgan fingerprint density at radius 2 is 2.25 bits per heavy atom. The molecule has 0 unspecified atom stereocenters. The minimum atomic E-state index is -0.139. The standard InChI is InChI=1S/C6H11NO/c1-6(2)4-3-5-7(6)8/h3-4,8H,5H2,1-2H3. The summed E-state index contributed by atoms with van der Waals surface area (Å²) in [5.41, 5.74) is -0.139. The first-order valence-electron chi connectivity index (χ1n) is 2.77. The maximum Gasteiger partial charge on any atom is 0.0587 e. The molecule has 1 aliphatic rings. The summed E-state index contributed by atoms with van der Waals surface area (Å²) < 4.78 is 0. The molecule has 1 N–H and O–H groups in total. The molecular formula is C6H11NO. The van der Waals surface area contributed by atoms with Crippen LogP contribution in [0.4, 0.5) is 0 Å². The zero-order chi connectivity index (χ0) is 6.20. The van der Waals surface area contributed by atoms with Crippen LogP contribution in [0.2, 0.25) is 0 Å². The van der Waals surface area contributed by atoms with E-state index < -0.39 is 0 Å². The molecule has 0 aromatic rings. The molecule has 0 saturated heterocycles. The molecule has 0 aliphatic carbocycles. The van der Waals surface area contributed by atoms with Crippen molar-refractivity contribution >= 4 is 0 Å². The molecule has 0 aromatic carbocycles. The van der Waals surface area contributed by atoms with Crippen LogP contribution in [0.25, 0.3) is 0 Å². The molecule has 2 nitrogen and oxygen atoms in total. The molecule has 0 saturated carbocycles. The fourth-order valence-electron chi connectivity index (χ4n) is 0.762. The first-order valence-corrected chi connectivity index (χ1v) is 2.77. The quantitative estimate of drug-likeness (QED) is 0.474. The van der Waals surface area contributed by atoms with Gasteiger partial charge in [0, 0.05) is 6.54 Å². The second-order valence-corrected chi connectivity index (χ2v) is 2.64. The van der Waals surface area contributed by atoms with E-state index in [2.05, 4.69) is 0 Å². The Kier molecular flexibility index (Phi) is 1.14. The Hall–Kier alpha value is -0.340. The number of hydroxylamine groups is 2. The molecule has 1 heterocycles. The Morgan fingerprint density at radius 1 is 1.62 bits per heavy atom. The van der Waals surface area contributed by atoms with E-state index in [1.165, 1.54) is 5.06 Å². The fourth-order valence-corrected chi connectivity index (χ4v) is 0.762. The van der Waals surface area contributed by atoms with E-state index in [0.717, 1.165) is 0 Å². The summed E-state index contributed by atoms with van der Waals surface area (Å²) in [5, 5.41) is 10.3. The highest BCUT2D eigenvalue weighted by atomic mass is 16.5. The number of rotatable bonds is 0. The van der Waals surface area contributed by atoms with Gasteiger partial charge in [0.2, 0.25) is 0 Å². The maximum absolute atomic E-state index is 9.03. The smallest absolute Gasteiger partial charge is 0.0587 e. The Labute approximate surface area is 49.4 Å². The van der Waals surface area contributed by atoms with Crippen molar-refractivity contribution in [2.75, 3.05) is 6.54 Å². The summed E-state index contributed by atoms with van der Waals surface area (Å²) in [5.74, 6) is 0. The second-order valence-electron chi connectivity index (χ2n) is 2.64. The molecule has 0 aromatic heterocycles. The molecule has 8 heavy (non-hydrogen) atoms. The summed E-state index contributed by atoms with van der Waals surface area (Å²) in [4.78, 5) is 0. The maximum atomic E-state index is 9.03. The summed E-state index contributed by atoms with van der Waals surface area (Å²) in [6.07, 6.45) is 3.95. The Morgan fingerprint density at radius 3 is 2.38 bits per heavy atom. The van der Waals surface area contributed by atoms with Crippen molar-refractivity contribution in [1.29, 1.82) is 0 Å². The molecule has 46 valence electrons. The van der Waals surface area contributed by atoms with Crippen LogP contribution in [-0.4, -0.2) is 22.4 Å². The number of hydrogen-bond donors (Lipinski definition) is 1. The lowest BCUT2D eigenvalue weighted by molar-refractivity contribution is -0.126. The van der Waals surface area contributed by atoms with Gasteiger partial charge in [0.25, 0.3) is 0 Å². The van der Waals surface area contributed by atoms with Crippen LogP contribution in [0.3, 0.4) is 0 Å². The molecule has 0 bridgehead atoms. The van der Waals surface area contributed by atoms with Crippen molar-refractivity contribution in [2.45, 2.75) is 19.4 Å². The molecule has 0 fully saturated rings. The van der Waals surface area contributed by atoms with Crippen molar-refractivity contribution < 1.29 is 5.21 Å². The van der Waals surface area contributed by atoms with E-state index in [9.17, 15) is 0 Å². The van der Waals surface area contributed by atoms with Crippen LogP contribution in [-0.2, 0) is 0 Å². The van der Waals surface area contributed by atoms with Gasteiger partial charge in [-0.05, 0) is 13.8 Å². The molecule has 0 amide bonds.